The summed E-state index contributed by atoms with van der Waals surface area (Å²) >= 11 is 0. The molecule has 2 aromatic carbocycles. The van der Waals surface area contributed by atoms with E-state index in [2.05, 4.69) is 30.4 Å². The summed E-state index contributed by atoms with van der Waals surface area (Å²) in [5.74, 6) is 1.53. The van der Waals surface area contributed by atoms with Gasteiger partial charge in [0.1, 0.15) is 0 Å². The molecule has 0 amide bonds. The lowest BCUT2D eigenvalue weighted by Gasteiger charge is -2.08. The molecule has 0 N–H and O–H groups in total. The Kier molecular flexibility index (Phi) is 4.62. The smallest absolute Gasteiger partial charge is 0.160 e. The average molecular weight is 254 g/mol. The average Bonchev–Trinajstić information content (AvgIpc) is 2.48. The minimum Gasteiger partial charge on any atom is -0.493 e. The fourth-order valence-corrected chi connectivity index (χ4v) is 1.90. The van der Waals surface area contributed by atoms with Gasteiger partial charge in [0.25, 0.3) is 0 Å². The van der Waals surface area contributed by atoms with Crippen LogP contribution in [0.3, 0.4) is 0 Å². The summed E-state index contributed by atoms with van der Waals surface area (Å²) in [5, 5.41) is 0. The van der Waals surface area contributed by atoms with Gasteiger partial charge >= 0.3 is 0 Å². The van der Waals surface area contributed by atoms with E-state index in [9.17, 15) is 0 Å². The molecule has 0 aliphatic carbocycles. The van der Waals surface area contributed by atoms with E-state index in [1.807, 2.05) is 30.3 Å². The third-order valence-corrected chi connectivity index (χ3v) is 2.91. The molecule has 0 heterocycles. The Morgan fingerprint density at radius 3 is 2.32 bits per heavy atom. The van der Waals surface area contributed by atoms with E-state index in [0.29, 0.717) is 0 Å². The summed E-state index contributed by atoms with van der Waals surface area (Å²) in [4.78, 5) is 0. The zero-order valence-corrected chi connectivity index (χ0v) is 11.3. The van der Waals surface area contributed by atoms with E-state index in [1.54, 1.807) is 14.2 Å². The quantitative estimate of drug-likeness (QED) is 0.804. The Labute approximate surface area is 114 Å². The first kappa shape index (κ1) is 13.2. The van der Waals surface area contributed by atoms with Crippen LogP contribution in [0, 0.1) is 0 Å². The third kappa shape index (κ3) is 3.62. The van der Waals surface area contributed by atoms with E-state index in [4.69, 9.17) is 9.47 Å². The number of hydrogen-bond donors (Lipinski definition) is 0. The van der Waals surface area contributed by atoms with Gasteiger partial charge in [0.05, 0.1) is 14.2 Å². The Morgan fingerprint density at radius 2 is 1.63 bits per heavy atom. The van der Waals surface area contributed by atoms with Gasteiger partial charge in [-0.15, -0.1) is 0 Å². The van der Waals surface area contributed by atoms with Crippen molar-refractivity contribution in [2.75, 3.05) is 14.2 Å². The molecule has 0 aromatic heterocycles. The van der Waals surface area contributed by atoms with Gasteiger partial charge in [-0.3, -0.25) is 0 Å². The molecule has 2 rings (SSSR count). The minimum atomic E-state index is 0.762. The lowest BCUT2D eigenvalue weighted by Crippen LogP contribution is -1.91. The van der Waals surface area contributed by atoms with Gasteiger partial charge in [-0.1, -0.05) is 48.6 Å². The number of benzene rings is 2. The Bertz CT molecular complexity index is 544. The zero-order chi connectivity index (χ0) is 13.5. The summed E-state index contributed by atoms with van der Waals surface area (Å²) < 4.78 is 10.5. The van der Waals surface area contributed by atoms with Gasteiger partial charge in [0.2, 0.25) is 0 Å². The lowest BCUT2D eigenvalue weighted by atomic mass is 10.1. The van der Waals surface area contributed by atoms with Crippen LogP contribution in [-0.2, 0) is 6.42 Å². The first-order valence-electron chi connectivity index (χ1n) is 6.26. The summed E-state index contributed by atoms with van der Waals surface area (Å²) in [6.07, 6.45) is 5.14. The molecule has 0 atom stereocenters. The van der Waals surface area contributed by atoms with E-state index >= 15 is 0 Å². The molecule has 0 bridgehead atoms. The molecule has 2 aromatic rings. The van der Waals surface area contributed by atoms with Crippen LogP contribution in [0.2, 0.25) is 0 Å². The summed E-state index contributed by atoms with van der Waals surface area (Å²) in [7, 11) is 3.30. The van der Waals surface area contributed by atoms with Crippen LogP contribution < -0.4 is 9.47 Å². The van der Waals surface area contributed by atoms with Crippen LogP contribution in [0.15, 0.2) is 54.6 Å². The number of allylic oxidation sites excluding steroid dienone is 1. The second-order valence-corrected chi connectivity index (χ2v) is 4.21. The molecule has 0 saturated carbocycles. The highest BCUT2D eigenvalue weighted by molar-refractivity contribution is 5.50. The van der Waals surface area contributed by atoms with Crippen LogP contribution in [-0.4, -0.2) is 14.2 Å². The molecule has 98 valence electrons. The van der Waals surface area contributed by atoms with Crippen molar-refractivity contribution in [3.8, 4) is 11.5 Å². The van der Waals surface area contributed by atoms with Crippen molar-refractivity contribution in [2.24, 2.45) is 0 Å². The van der Waals surface area contributed by atoms with Gasteiger partial charge in [-0.2, -0.15) is 0 Å². The molecule has 0 saturated heterocycles. The third-order valence-electron chi connectivity index (χ3n) is 2.91. The Morgan fingerprint density at radius 1 is 0.895 bits per heavy atom. The highest BCUT2D eigenvalue weighted by atomic mass is 16.5. The maximum Gasteiger partial charge on any atom is 0.160 e. The second kappa shape index (κ2) is 6.64. The topological polar surface area (TPSA) is 18.5 Å². The lowest BCUT2D eigenvalue weighted by molar-refractivity contribution is 0.354. The number of hydrogen-bond acceptors (Lipinski definition) is 2. The monoisotopic (exact) mass is 254 g/mol. The first-order valence-corrected chi connectivity index (χ1v) is 6.26. The van der Waals surface area contributed by atoms with Gasteiger partial charge in [0.15, 0.2) is 11.5 Å². The molecule has 2 nitrogen and oxygen atoms in total. The fraction of sp³-hybridized carbons (Fsp3) is 0.176. The van der Waals surface area contributed by atoms with Crippen molar-refractivity contribution in [1.29, 1.82) is 0 Å². The van der Waals surface area contributed by atoms with Crippen molar-refractivity contribution < 1.29 is 9.47 Å². The SMILES string of the molecule is COc1ccc(CC=Cc2ccccc2)cc1OC. The van der Waals surface area contributed by atoms with E-state index in [-0.39, 0.29) is 0 Å². The van der Waals surface area contributed by atoms with Crippen molar-refractivity contribution >= 4 is 6.08 Å². The largest absolute Gasteiger partial charge is 0.493 e. The van der Waals surface area contributed by atoms with Gasteiger partial charge in [0, 0.05) is 0 Å². The standard InChI is InChI=1S/C17H18O2/c1-18-16-12-11-15(13-17(16)19-2)10-6-9-14-7-4-3-5-8-14/h3-9,11-13H,10H2,1-2H3. The normalized spacial score (nSPS) is 10.6. The molecule has 0 unspecified atom stereocenters. The van der Waals surface area contributed by atoms with Crippen LogP contribution in [0.25, 0.3) is 6.08 Å². The number of ether oxygens (including phenoxy) is 2. The van der Waals surface area contributed by atoms with Crippen LogP contribution >= 0.6 is 0 Å². The van der Waals surface area contributed by atoms with Crippen molar-refractivity contribution in [3.05, 3.63) is 65.7 Å². The van der Waals surface area contributed by atoms with Crippen LogP contribution in [0.4, 0.5) is 0 Å². The minimum absolute atomic E-state index is 0.762. The maximum absolute atomic E-state index is 5.29. The van der Waals surface area contributed by atoms with E-state index in [1.165, 1.54) is 11.1 Å². The second-order valence-electron chi connectivity index (χ2n) is 4.21. The van der Waals surface area contributed by atoms with Crippen LogP contribution in [0.5, 0.6) is 11.5 Å². The van der Waals surface area contributed by atoms with Crippen molar-refractivity contribution in [3.63, 3.8) is 0 Å². The highest BCUT2D eigenvalue weighted by Crippen LogP contribution is 2.27. The van der Waals surface area contributed by atoms with Gasteiger partial charge in [-0.25, -0.2) is 0 Å². The summed E-state index contributed by atoms with van der Waals surface area (Å²) in [6, 6.07) is 16.3. The predicted octanol–water partition coefficient (Wildman–Crippen LogP) is 3.96. The predicted molar refractivity (Wildman–Crippen MR) is 78.7 cm³/mol. The van der Waals surface area contributed by atoms with E-state index in [0.717, 1.165) is 17.9 Å². The molecular formula is C17H18O2. The molecule has 2 heteroatoms. The Balaban J connectivity index is 2.06. The molecule has 0 fully saturated rings. The number of methoxy groups -OCH3 is 2. The van der Waals surface area contributed by atoms with Gasteiger partial charge in [-0.05, 0) is 29.7 Å². The molecule has 0 radical (unpaired) electrons. The zero-order valence-electron chi connectivity index (χ0n) is 11.3. The summed E-state index contributed by atoms with van der Waals surface area (Å²) in [6.45, 7) is 0. The molecular weight excluding hydrogens is 236 g/mol. The van der Waals surface area contributed by atoms with Gasteiger partial charge < -0.3 is 9.47 Å². The highest BCUT2D eigenvalue weighted by Gasteiger charge is 2.03. The number of rotatable bonds is 5. The maximum atomic E-state index is 5.29. The molecule has 0 aliphatic rings. The van der Waals surface area contributed by atoms with Crippen molar-refractivity contribution in [1.82, 2.24) is 0 Å². The Hall–Kier alpha value is -2.22. The summed E-state index contributed by atoms with van der Waals surface area (Å²) in [5.41, 5.74) is 2.41. The van der Waals surface area contributed by atoms with Crippen molar-refractivity contribution in [2.45, 2.75) is 6.42 Å². The molecule has 0 aliphatic heterocycles. The molecule has 19 heavy (non-hydrogen) atoms. The fourth-order valence-electron chi connectivity index (χ4n) is 1.90. The van der Waals surface area contributed by atoms with Crippen LogP contribution in [0.1, 0.15) is 11.1 Å². The first-order chi connectivity index (χ1) is 9.33. The van der Waals surface area contributed by atoms with E-state index < -0.39 is 0 Å². The molecule has 0 spiro atoms.